The van der Waals surface area contributed by atoms with E-state index in [1.807, 2.05) is 66.7 Å². The zero-order chi connectivity index (χ0) is 29.1. The predicted molar refractivity (Wildman–Crippen MR) is 169 cm³/mol. The Balaban J connectivity index is 1.42. The molecule has 1 saturated carbocycles. The van der Waals surface area contributed by atoms with Crippen LogP contribution in [0.3, 0.4) is 0 Å². The minimum atomic E-state index is -0.282. The maximum absolute atomic E-state index is 10.1. The van der Waals surface area contributed by atoms with E-state index in [4.69, 9.17) is 11.6 Å². The van der Waals surface area contributed by atoms with Crippen LogP contribution in [0.25, 0.3) is 10.9 Å². The number of nitriles is 2. The van der Waals surface area contributed by atoms with Crippen LogP contribution in [-0.4, -0.2) is 16.0 Å². The highest BCUT2D eigenvalue weighted by molar-refractivity contribution is 9.10. The highest BCUT2D eigenvalue weighted by Gasteiger charge is 2.32. The molecule has 4 aromatic rings. The van der Waals surface area contributed by atoms with Crippen molar-refractivity contribution in [3.8, 4) is 12.1 Å². The fourth-order valence-electron chi connectivity index (χ4n) is 5.21. The molecule has 1 unspecified atom stereocenters. The number of hydrogen-bond donors (Lipinski definition) is 4. The van der Waals surface area contributed by atoms with Crippen LogP contribution < -0.4 is 21.6 Å². The molecule has 6 rings (SSSR count). The molecule has 8 nitrogen and oxygen atoms in total. The molecule has 0 saturated heterocycles. The van der Waals surface area contributed by atoms with Gasteiger partial charge in [0.2, 0.25) is 0 Å². The Hall–Kier alpha value is -4.28. The fraction of sp³-hybridized carbons (Fsp3) is 0.219. The van der Waals surface area contributed by atoms with Crippen LogP contribution >= 0.6 is 27.5 Å². The summed E-state index contributed by atoms with van der Waals surface area (Å²) in [6.07, 6.45) is 6.96. The summed E-state index contributed by atoms with van der Waals surface area (Å²) < 4.78 is 0.785. The number of hydrogen-bond acceptors (Lipinski definition) is 8. The number of benzene rings is 3. The van der Waals surface area contributed by atoms with Gasteiger partial charge in [0.25, 0.3) is 0 Å². The van der Waals surface area contributed by atoms with Crippen LogP contribution in [0.2, 0.25) is 5.02 Å². The summed E-state index contributed by atoms with van der Waals surface area (Å²) in [7, 11) is 0. The first-order valence-electron chi connectivity index (χ1n) is 13.8. The number of anilines is 2. The monoisotopic (exact) mass is 638 g/mol. The molecule has 1 aliphatic carbocycles. The molecule has 2 heterocycles. The second kappa shape index (κ2) is 12.3. The van der Waals surface area contributed by atoms with E-state index in [-0.39, 0.29) is 12.1 Å². The fourth-order valence-corrected chi connectivity index (χ4v) is 6.02. The van der Waals surface area contributed by atoms with E-state index in [9.17, 15) is 10.5 Å². The average Bonchev–Trinajstić information content (AvgIpc) is 3.75. The maximum atomic E-state index is 10.1. The number of halogens is 2. The number of rotatable bonds is 10. The summed E-state index contributed by atoms with van der Waals surface area (Å²) in [6.45, 7) is 0. The normalized spacial score (nSPS) is 15.7. The maximum Gasteiger partial charge on any atom is 0.103 e. The zero-order valence-electron chi connectivity index (χ0n) is 22.6. The summed E-state index contributed by atoms with van der Waals surface area (Å²) in [5, 5.41) is 30.2. The first-order chi connectivity index (χ1) is 20.6. The van der Waals surface area contributed by atoms with Gasteiger partial charge in [0, 0.05) is 45.4 Å². The molecule has 1 aromatic heterocycles. The zero-order valence-corrected chi connectivity index (χ0v) is 25.0. The lowest BCUT2D eigenvalue weighted by molar-refractivity contribution is 0.260. The summed E-state index contributed by atoms with van der Waals surface area (Å²) >= 11 is 10.4. The van der Waals surface area contributed by atoms with Crippen LogP contribution in [0.4, 0.5) is 11.4 Å². The molecular formula is C32H28BrClN8. The molecule has 0 spiro atoms. The van der Waals surface area contributed by atoms with Crippen LogP contribution in [-0.2, 0) is 0 Å². The molecule has 1 aliphatic heterocycles. The van der Waals surface area contributed by atoms with E-state index in [0.29, 0.717) is 35.2 Å². The third-order valence-corrected chi connectivity index (χ3v) is 8.45. The van der Waals surface area contributed by atoms with Gasteiger partial charge in [-0.25, -0.2) is 0 Å². The summed E-state index contributed by atoms with van der Waals surface area (Å²) in [6, 6.07) is 26.4. The Labute approximate surface area is 258 Å². The van der Waals surface area contributed by atoms with Gasteiger partial charge in [-0.2, -0.15) is 10.5 Å². The van der Waals surface area contributed by atoms with Crippen molar-refractivity contribution in [1.82, 2.24) is 21.0 Å². The predicted octanol–water partition coefficient (Wildman–Crippen LogP) is 7.46. The highest BCUT2D eigenvalue weighted by Crippen LogP contribution is 2.39. The molecule has 4 N–H and O–H groups in total. The third kappa shape index (κ3) is 5.86. The van der Waals surface area contributed by atoms with Gasteiger partial charge >= 0.3 is 0 Å². The van der Waals surface area contributed by atoms with E-state index < -0.39 is 0 Å². The minimum absolute atomic E-state index is 0.165. The van der Waals surface area contributed by atoms with Gasteiger partial charge in [-0.3, -0.25) is 9.99 Å². The van der Waals surface area contributed by atoms with E-state index >= 15 is 0 Å². The van der Waals surface area contributed by atoms with Gasteiger partial charge in [-0.05, 0) is 64.5 Å². The smallest absolute Gasteiger partial charge is 0.103 e. The lowest BCUT2D eigenvalue weighted by atomic mass is 10.00. The molecular weight excluding hydrogens is 612 g/mol. The Kier molecular flexibility index (Phi) is 8.16. The number of aromatic nitrogens is 1. The van der Waals surface area contributed by atoms with E-state index in [1.165, 1.54) is 0 Å². The van der Waals surface area contributed by atoms with Crippen molar-refractivity contribution in [2.75, 3.05) is 10.6 Å². The van der Waals surface area contributed by atoms with Gasteiger partial charge in [-0.15, -0.1) is 5.53 Å². The number of nitrogens with zero attached hydrogens (tertiary/aromatic N) is 4. The van der Waals surface area contributed by atoms with E-state index in [2.05, 4.69) is 65.9 Å². The topological polar surface area (TPSA) is 112 Å². The third-order valence-electron chi connectivity index (χ3n) is 7.50. The minimum Gasteiger partial charge on any atom is -0.377 e. The molecule has 2 aliphatic rings. The molecule has 2 atom stereocenters. The molecule has 0 radical (unpaired) electrons. The van der Waals surface area contributed by atoms with Crippen LogP contribution in [0.1, 0.15) is 54.5 Å². The number of fused-ring (bicyclic) bond motifs is 1. The molecule has 42 heavy (non-hydrogen) atoms. The first kappa shape index (κ1) is 27.9. The van der Waals surface area contributed by atoms with Crippen molar-refractivity contribution in [1.29, 1.82) is 10.5 Å². The molecule has 3 aromatic carbocycles. The SMILES string of the molecule is N#CCC[C@@H](Nc1c(C#N)cnc2c(Br)cc(NC(C3=CN(C4CC4)NN3)c3ccccc3Cl)cc12)c1ccccc1. The standard InChI is InChI=1S/C32H28BrClN8/c33-26-16-22(38-32(24-9-4-5-10-27(24)34)29-19-42(41-40-29)23-12-13-23)15-25-30(21(17-36)18-37-31(25)26)39-28(11-6-14-35)20-7-2-1-3-8-20/h1-5,7-10,15-16,18-19,23,28,32,38,40-41H,6,11-13H2,(H,37,39)/t28-,32?/m1/s1. The van der Waals surface area contributed by atoms with Crippen molar-refractivity contribution >= 4 is 49.8 Å². The lowest BCUT2D eigenvalue weighted by Gasteiger charge is -2.24. The number of pyridine rings is 1. The summed E-state index contributed by atoms with van der Waals surface area (Å²) in [5.74, 6) is 0. The number of hydrazine groups is 2. The highest BCUT2D eigenvalue weighted by atomic mass is 79.9. The average molecular weight is 640 g/mol. The van der Waals surface area contributed by atoms with Crippen molar-refractivity contribution in [3.63, 3.8) is 0 Å². The van der Waals surface area contributed by atoms with Crippen molar-refractivity contribution in [2.24, 2.45) is 0 Å². The largest absolute Gasteiger partial charge is 0.377 e. The lowest BCUT2D eigenvalue weighted by Crippen LogP contribution is -2.38. The summed E-state index contributed by atoms with van der Waals surface area (Å²) in [4.78, 5) is 4.61. The number of nitrogens with one attached hydrogen (secondary N) is 4. The van der Waals surface area contributed by atoms with Crippen LogP contribution in [0.5, 0.6) is 0 Å². The van der Waals surface area contributed by atoms with Gasteiger partial charge in [-0.1, -0.05) is 60.1 Å². The first-order valence-corrected chi connectivity index (χ1v) is 15.0. The van der Waals surface area contributed by atoms with E-state index in [1.54, 1.807) is 6.20 Å². The molecule has 210 valence electrons. The van der Waals surface area contributed by atoms with Crippen molar-refractivity contribution in [3.05, 3.63) is 111 Å². The second-order valence-corrected chi connectivity index (χ2v) is 11.6. The Morgan fingerprint density at radius 1 is 1.07 bits per heavy atom. The Morgan fingerprint density at radius 3 is 2.60 bits per heavy atom. The van der Waals surface area contributed by atoms with Gasteiger partial charge in [0.05, 0.1) is 40.6 Å². The van der Waals surface area contributed by atoms with Crippen molar-refractivity contribution < 1.29 is 0 Å². The van der Waals surface area contributed by atoms with Crippen LogP contribution in [0.15, 0.2) is 89.3 Å². The van der Waals surface area contributed by atoms with Gasteiger partial charge < -0.3 is 16.1 Å². The Bertz CT molecular complexity index is 1720. The molecule has 10 heteroatoms. The molecule has 0 amide bonds. The second-order valence-electron chi connectivity index (χ2n) is 10.4. The van der Waals surface area contributed by atoms with E-state index in [0.717, 1.165) is 50.7 Å². The summed E-state index contributed by atoms with van der Waals surface area (Å²) in [5.41, 5.74) is 12.1. The molecule has 1 fully saturated rings. The molecule has 0 bridgehead atoms. The quantitative estimate of drug-likeness (QED) is 0.142. The van der Waals surface area contributed by atoms with Gasteiger partial charge in [0.1, 0.15) is 6.07 Å². The Morgan fingerprint density at radius 2 is 1.86 bits per heavy atom. The van der Waals surface area contributed by atoms with Crippen molar-refractivity contribution in [2.45, 2.75) is 43.8 Å². The van der Waals surface area contributed by atoms with Crippen LogP contribution in [0, 0.1) is 22.7 Å². The van der Waals surface area contributed by atoms with Gasteiger partial charge in [0.15, 0.2) is 0 Å².